The third-order valence-electron chi connectivity index (χ3n) is 5.06. The number of rotatable bonds is 5. The Balaban J connectivity index is 1.44. The van der Waals surface area contributed by atoms with Crippen LogP contribution in [0.15, 0.2) is 42.5 Å². The molecular formula is C22H26FN3O2. The smallest absolute Gasteiger partial charge is 0.251 e. The van der Waals surface area contributed by atoms with E-state index in [9.17, 15) is 14.0 Å². The molecule has 28 heavy (non-hydrogen) atoms. The van der Waals surface area contributed by atoms with E-state index < -0.39 is 0 Å². The lowest BCUT2D eigenvalue weighted by molar-refractivity contribution is -0.117. The van der Waals surface area contributed by atoms with Crippen LogP contribution in [0.3, 0.4) is 0 Å². The molecule has 0 bridgehead atoms. The van der Waals surface area contributed by atoms with Crippen LogP contribution in [0.4, 0.5) is 10.1 Å². The maximum absolute atomic E-state index is 13.0. The second kappa shape index (κ2) is 8.97. The van der Waals surface area contributed by atoms with Gasteiger partial charge in [-0.2, -0.15) is 0 Å². The van der Waals surface area contributed by atoms with Crippen LogP contribution in [-0.4, -0.2) is 42.4 Å². The monoisotopic (exact) mass is 383 g/mol. The number of carbonyl (C=O) groups excluding carboxylic acids is 2. The molecule has 0 radical (unpaired) electrons. The molecule has 3 rings (SSSR count). The number of piperidine rings is 1. The molecule has 1 fully saturated rings. The average Bonchev–Trinajstić information content (AvgIpc) is 2.67. The second-order valence-electron chi connectivity index (χ2n) is 7.40. The number of amides is 2. The fraction of sp³-hybridized carbons (Fsp3) is 0.364. The molecule has 148 valence electrons. The minimum Gasteiger partial charge on any atom is -0.349 e. The highest BCUT2D eigenvalue weighted by Crippen LogP contribution is 2.17. The number of halogens is 1. The lowest BCUT2D eigenvalue weighted by Crippen LogP contribution is -2.46. The number of anilines is 1. The first-order valence-corrected chi connectivity index (χ1v) is 9.56. The third kappa shape index (κ3) is 5.39. The van der Waals surface area contributed by atoms with Crippen molar-refractivity contribution in [1.29, 1.82) is 0 Å². The number of benzene rings is 2. The van der Waals surface area contributed by atoms with Crippen molar-refractivity contribution in [2.24, 2.45) is 0 Å². The number of nitrogens with zero attached hydrogens (tertiary/aromatic N) is 1. The highest BCUT2D eigenvalue weighted by Gasteiger charge is 2.22. The summed E-state index contributed by atoms with van der Waals surface area (Å²) in [5, 5.41) is 5.98. The Bertz CT molecular complexity index is 843. The second-order valence-corrected chi connectivity index (χ2v) is 7.40. The van der Waals surface area contributed by atoms with Crippen LogP contribution in [0.5, 0.6) is 0 Å². The molecule has 0 unspecified atom stereocenters. The van der Waals surface area contributed by atoms with Gasteiger partial charge in [0.25, 0.3) is 5.91 Å². The zero-order valence-corrected chi connectivity index (χ0v) is 16.3. The molecule has 2 aromatic carbocycles. The van der Waals surface area contributed by atoms with Gasteiger partial charge in [-0.3, -0.25) is 14.5 Å². The molecule has 6 heteroatoms. The van der Waals surface area contributed by atoms with Gasteiger partial charge in [-0.05, 0) is 68.1 Å². The maximum Gasteiger partial charge on any atom is 0.251 e. The van der Waals surface area contributed by atoms with Crippen molar-refractivity contribution in [3.05, 3.63) is 65.0 Å². The largest absolute Gasteiger partial charge is 0.349 e. The Kier molecular flexibility index (Phi) is 6.41. The normalized spacial score (nSPS) is 15.2. The molecular weight excluding hydrogens is 357 g/mol. The van der Waals surface area contributed by atoms with Gasteiger partial charge in [0.2, 0.25) is 5.91 Å². The van der Waals surface area contributed by atoms with Gasteiger partial charge in [0.15, 0.2) is 0 Å². The molecule has 2 aromatic rings. The summed E-state index contributed by atoms with van der Waals surface area (Å²) in [7, 11) is 0. The van der Waals surface area contributed by atoms with Crippen LogP contribution in [0, 0.1) is 19.7 Å². The number of aryl methyl sites for hydroxylation is 2. The molecule has 0 atom stereocenters. The fourth-order valence-corrected chi connectivity index (χ4v) is 3.37. The van der Waals surface area contributed by atoms with Crippen molar-refractivity contribution in [3.8, 4) is 0 Å². The van der Waals surface area contributed by atoms with E-state index in [-0.39, 0.29) is 23.7 Å². The molecule has 1 aliphatic rings. The first-order valence-electron chi connectivity index (χ1n) is 9.56. The number of likely N-dealkylation sites (tertiary alicyclic amines) is 1. The minimum absolute atomic E-state index is 0.0255. The standard InChI is InChI=1S/C22H26FN3O2/c1-15-3-4-16(2)20(13-15)25-21(27)14-26-11-9-19(10-12-26)24-22(28)17-5-7-18(23)8-6-17/h3-8,13,19H,9-12,14H2,1-2H3,(H,24,28)(H,25,27). The Morgan fingerprint density at radius 1 is 1.07 bits per heavy atom. The van der Waals surface area contributed by atoms with E-state index >= 15 is 0 Å². The number of nitrogens with one attached hydrogen (secondary N) is 2. The van der Waals surface area contributed by atoms with Crippen molar-refractivity contribution < 1.29 is 14.0 Å². The molecule has 1 aliphatic heterocycles. The molecule has 0 aromatic heterocycles. The predicted molar refractivity (Wildman–Crippen MR) is 108 cm³/mol. The van der Waals surface area contributed by atoms with Crippen LogP contribution >= 0.6 is 0 Å². The average molecular weight is 383 g/mol. The fourth-order valence-electron chi connectivity index (χ4n) is 3.37. The molecule has 2 N–H and O–H groups in total. The number of hydrogen-bond acceptors (Lipinski definition) is 3. The van der Waals surface area contributed by atoms with Crippen LogP contribution in [0.1, 0.15) is 34.3 Å². The van der Waals surface area contributed by atoms with Crippen molar-refractivity contribution in [1.82, 2.24) is 10.2 Å². The SMILES string of the molecule is Cc1ccc(C)c(NC(=O)CN2CCC(NC(=O)c3ccc(F)cc3)CC2)c1. The Morgan fingerprint density at radius 3 is 2.43 bits per heavy atom. The summed E-state index contributed by atoms with van der Waals surface area (Å²) >= 11 is 0. The Morgan fingerprint density at radius 2 is 1.75 bits per heavy atom. The van der Waals surface area contributed by atoms with Gasteiger partial charge in [0.05, 0.1) is 6.54 Å². The van der Waals surface area contributed by atoms with E-state index in [0.717, 1.165) is 42.7 Å². The van der Waals surface area contributed by atoms with E-state index in [1.165, 1.54) is 24.3 Å². The Hall–Kier alpha value is -2.73. The van der Waals surface area contributed by atoms with Crippen molar-refractivity contribution in [2.75, 3.05) is 25.0 Å². The minimum atomic E-state index is -0.357. The van der Waals surface area contributed by atoms with E-state index in [1.807, 2.05) is 32.0 Å². The summed E-state index contributed by atoms with van der Waals surface area (Å²) in [6, 6.07) is 11.6. The van der Waals surface area contributed by atoms with Crippen molar-refractivity contribution >= 4 is 17.5 Å². The lowest BCUT2D eigenvalue weighted by Gasteiger charge is -2.31. The first-order chi connectivity index (χ1) is 13.4. The highest BCUT2D eigenvalue weighted by molar-refractivity contribution is 5.94. The van der Waals surface area contributed by atoms with Crippen LogP contribution in [0.2, 0.25) is 0 Å². The predicted octanol–water partition coefficient (Wildman–Crippen LogP) is 3.28. The summed E-state index contributed by atoms with van der Waals surface area (Å²) in [6.07, 6.45) is 1.56. The van der Waals surface area contributed by atoms with Crippen molar-refractivity contribution in [3.63, 3.8) is 0 Å². The lowest BCUT2D eigenvalue weighted by atomic mass is 10.0. The molecule has 1 heterocycles. The summed E-state index contributed by atoms with van der Waals surface area (Å²) in [6.45, 7) is 5.81. The van der Waals surface area contributed by atoms with E-state index in [2.05, 4.69) is 15.5 Å². The van der Waals surface area contributed by atoms with E-state index in [4.69, 9.17) is 0 Å². The third-order valence-corrected chi connectivity index (χ3v) is 5.06. The van der Waals surface area contributed by atoms with Gasteiger partial charge in [-0.15, -0.1) is 0 Å². The highest BCUT2D eigenvalue weighted by atomic mass is 19.1. The van der Waals surface area contributed by atoms with Gasteiger partial charge in [-0.1, -0.05) is 12.1 Å². The van der Waals surface area contributed by atoms with E-state index in [0.29, 0.717) is 12.1 Å². The molecule has 0 aliphatic carbocycles. The summed E-state index contributed by atoms with van der Waals surface area (Å²) in [5.41, 5.74) is 3.46. The topological polar surface area (TPSA) is 61.4 Å². The number of hydrogen-bond donors (Lipinski definition) is 2. The molecule has 2 amide bonds. The molecule has 5 nitrogen and oxygen atoms in total. The maximum atomic E-state index is 13.0. The quantitative estimate of drug-likeness (QED) is 0.833. The zero-order valence-electron chi connectivity index (χ0n) is 16.3. The first kappa shape index (κ1) is 20.0. The molecule has 0 spiro atoms. The van der Waals surface area contributed by atoms with Gasteiger partial charge < -0.3 is 10.6 Å². The van der Waals surface area contributed by atoms with Crippen LogP contribution in [0.25, 0.3) is 0 Å². The van der Waals surface area contributed by atoms with Gasteiger partial charge in [0, 0.05) is 30.4 Å². The van der Waals surface area contributed by atoms with Crippen LogP contribution < -0.4 is 10.6 Å². The Labute approximate surface area is 164 Å². The summed E-state index contributed by atoms with van der Waals surface area (Å²) in [5.74, 6) is -0.572. The van der Waals surface area contributed by atoms with Gasteiger partial charge >= 0.3 is 0 Å². The van der Waals surface area contributed by atoms with Crippen LogP contribution in [-0.2, 0) is 4.79 Å². The molecule has 1 saturated heterocycles. The summed E-state index contributed by atoms with van der Waals surface area (Å²) in [4.78, 5) is 26.7. The zero-order chi connectivity index (χ0) is 20.1. The number of carbonyl (C=O) groups is 2. The summed E-state index contributed by atoms with van der Waals surface area (Å²) < 4.78 is 13.0. The van der Waals surface area contributed by atoms with Crippen molar-refractivity contribution in [2.45, 2.75) is 32.7 Å². The van der Waals surface area contributed by atoms with E-state index in [1.54, 1.807) is 0 Å². The van der Waals surface area contributed by atoms with Gasteiger partial charge in [-0.25, -0.2) is 4.39 Å². The van der Waals surface area contributed by atoms with Gasteiger partial charge in [0.1, 0.15) is 5.82 Å². The molecule has 0 saturated carbocycles.